The largest absolute Gasteiger partial charge is 0.506 e. The summed E-state index contributed by atoms with van der Waals surface area (Å²) in [6.07, 6.45) is 6.76. The fourth-order valence-corrected chi connectivity index (χ4v) is 5.98. The number of esters is 1. The van der Waals surface area contributed by atoms with Crippen LogP contribution in [0.1, 0.15) is 37.8 Å². The quantitative estimate of drug-likeness (QED) is 0.379. The normalized spacial score (nSPS) is 17.8. The van der Waals surface area contributed by atoms with E-state index >= 15 is 0 Å². The van der Waals surface area contributed by atoms with E-state index in [9.17, 15) is 14.7 Å². The average Bonchev–Trinajstić information content (AvgIpc) is 3.64. The van der Waals surface area contributed by atoms with Gasteiger partial charge in [0, 0.05) is 30.2 Å². The van der Waals surface area contributed by atoms with Crippen molar-refractivity contribution < 1.29 is 19.4 Å². The van der Waals surface area contributed by atoms with Crippen molar-refractivity contribution in [3.63, 3.8) is 0 Å². The highest BCUT2D eigenvalue weighted by Crippen LogP contribution is 2.41. The van der Waals surface area contributed by atoms with Crippen LogP contribution in [0.15, 0.2) is 76.0 Å². The first-order chi connectivity index (χ1) is 18.5. The topological polar surface area (TPSA) is 84.1 Å². The standard InChI is InChI=1S/C30H31N3O4S/c1-3-20-11-10-14-23-21(18-33(27(20)23)19-25(34)32-15-8-9-16-32)17-24-28(35)26(30(36)37-4-2)29(38-24)31-22-12-6-5-7-13-22/h5-7,10-14,17-18,35H,3-4,8-9,15-16,19H2,1-2H3/b24-17-,31-29?. The molecule has 1 saturated heterocycles. The molecule has 2 aliphatic heterocycles. The van der Waals surface area contributed by atoms with Crippen LogP contribution >= 0.6 is 11.8 Å². The van der Waals surface area contributed by atoms with Gasteiger partial charge < -0.3 is 19.3 Å². The molecular weight excluding hydrogens is 498 g/mol. The first-order valence-corrected chi connectivity index (χ1v) is 13.8. The summed E-state index contributed by atoms with van der Waals surface area (Å²) in [4.78, 5) is 32.9. The molecule has 0 atom stereocenters. The lowest BCUT2D eigenvalue weighted by molar-refractivity contribution is -0.138. The number of ether oxygens (including phenoxy) is 1. The van der Waals surface area contributed by atoms with E-state index in [0.717, 1.165) is 54.4 Å². The summed E-state index contributed by atoms with van der Waals surface area (Å²) in [6.45, 7) is 5.91. The predicted molar refractivity (Wildman–Crippen MR) is 153 cm³/mol. The number of aliphatic hydroxyl groups is 1. The number of para-hydroxylation sites is 2. The van der Waals surface area contributed by atoms with Crippen LogP contribution in [-0.2, 0) is 27.3 Å². The summed E-state index contributed by atoms with van der Waals surface area (Å²) in [7, 11) is 0. The number of aryl methyl sites for hydroxylation is 1. The Kier molecular flexibility index (Phi) is 7.69. The Balaban J connectivity index is 1.58. The number of thioether (sulfide) groups is 1. The number of amides is 1. The van der Waals surface area contributed by atoms with Crippen LogP contribution in [0.3, 0.4) is 0 Å². The maximum atomic E-state index is 13.0. The average molecular weight is 530 g/mol. The number of carbonyl (C=O) groups is 2. The van der Waals surface area contributed by atoms with E-state index in [-0.39, 0.29) is 30.4 Å². The van der Waals surface area contributed by atoms with Crippen molar-refractivity contribution in [3.05, 3.63) is 82.1 Å². The monoisotopic (exact) mass is 529 g/mol. The van der Waals surface area contributed by atoms with Gasteiger partial charge in [-0.2, -0.15) is 0 Å². The fourth-order valence-electron chi connectivity index (χ4n) is 4.96. The predicted octanol–water partition coefficient (Wildman–Crippen LogP) is 6.02. The molecule has 5 rings (SSSR count). The van der Waals surface area contributed by atoms with Gasteiger partial charge in [0.05, 0.1) is 22.7 Å². The first kappa shape index (κ1) is 25.9. The molecule has 196 valence electrons. The van der Waals surface area contributed by atoms with E-state index < -0.39 is 5.97 Å². The minimum atomic E-state index is -0.609. The number of fused-ring (bicyclic) bond motifs is 1. The highest BCUT2D eigenvalue weighted by molar-refractivity contribution is 8.18. The number of hydrogen-bond donors (Lipinski definition) is 1. The molecule has 2 aromatic carbocycles. The van der Waals surface area contributed by atoms with Gasteiger partial charge in [-0.25, -0.2) is 9.79 Å². The van der Waals surface area contributed by atoms with Gasteiger partial charge in [-0.05, 0) is 50.0 Å². The van der Waals surface area contributed by atoms with Crippen molar-refractivity contribution in [1.29, 1.82) is 0 Å². The molecule has 1 aromatic heterocycles. The molecule has 0 bridgehead atoms. The van der Waals surface area contributed by atoms with Crippen LogP contribution in [-0.4, -0.2) is 51.2 Å². The summed E-state index contributed by atoms with van der Waals surface area (Å²) < 4.78 is 7.26. The van der Waals surface area contributed by atoms with Gasteiger partial charge in [0.15, 0.2) is 0 Å². The smallest absolute Gasteiger partial charge is 0.344 e. The van der Waals surface area contributed by atoms with Gasteiger partial charge in [0.1, 0.15) is 22.9 Å². The molecule has 0 radical (unpaired) electrons. The van der Waals surface area contributed by atoms with Crippen molar-refractivity contribution in [2.75, 3.05) is 19.7 Å². The van der Waals surface area contributed by atoms with E-state index in [0.29, 0.717) is 15.6 Å². The number of hydrogen-bond acceptors (Lipinski definition) is 6. The van der Waals surface area contributed by atoms with Gasteiger partial charge in [-0.3, -0.25) is 4.79 Å². The molecule has 8 heteroatoms. The lowest BCUT2D eigenvalue weighted by Crippen LogP contribution is -2.30. The summed E-state index contributed by atoms with van der Waals surface area (Å²) in [6, 6.07) is 15.4. The van der Waals surface area contributed by atoms with Crippen molar-refractivity contribution in [1.82, 2.24) is 9.47 Å². The lowest BCUT2D eigenvalue weighted by atomic mass is 10.1. The zero-order valence-corrected chi connectivity index (χ0v) is 22.5. The molecule has 3 heterocycles. The third kappa shape index (κ3) is 5.13. The van der Waals surface area contributed by atoms with Gasteiger partial charge in [0.25, 0.3) is 0 Å². The maximum absolute atomic E-state index is 13.0. The SMILES string of the molecule is CCOC(=O)C1=C(O)/C(=C/c2cn(CC(=O)N3CCCC3)c3c(CC)cccc23)SC1=Nc1ccccc1. The Morgan fingerprint density at radius 1 is 1.08 bits per heavy atom. The summed E-state index contributed by atoms with van der Waals surface area (Å²) in [5, 5.41) is 12.5. The van der Waals surface area contributed by atoms with Crippen molar-refractivity contribution in [2.45, 2.75) is 39.7 Å². The number of likely N-dealkylation sites (tertiary alicyclic amines) is 1. The van der Waals surface area contributed by atoms with Crippen molar-refractivity contribution in [2.24, 2.45) is 4.99 Å². The number of benzene rings is 2. The van der Waals surface area contributed by atoms with Gasteiger partial charge in [0.2, 0.25) is 5.91 Å². The Morgan fingerprint density at radius 3 is 2.55 bits per heavy atom. The minimum absolute atomic E-state index is 0.0640. The van der Waals surface area contributed by atoms with Crippen LogP contribution < -0.4 is 0 Å². The van der Waals surface area contributed by atoms with E-state index in [2.05, 4.69) is 18.0 Å². The minimum Gasteiger partial charge on any atom is -0.506 e. The molecule has 0 spiro atoms. The second kappa shape index (κ2) is 11.3. The molecule has 1 amide bonds. The fraction of sp³-hybridized carbons (Fsp3) is 0.300. The molecular formula is C30H31N3O4S. The number of aromatic nitrogens is 1. The Bertz CT molecular complexity index is 1460. The second-order valence-electron chi connectivity index (χ2n) is 9.27. The summed E-state index contributed by atoms with van der Waals surface area (Å²) >= 11 is 1.23. The Labute approximate surface area is 226 Å². The Hall–Kier alpha value is -3.78. The molecule has 1 fully saturated rings. The van der Waals surface area contributed by atoms with E-state index in [4.69, 9.17) is 4.74 Å². The number of aliphatic imine (C=N–C) groups is 1. The van der Waals surface area contributed by atoms with Crippen LogP contribution in [0.5, 0.6) is 0 Å². The third-order valence-corrected chi connectivity index (χ3v) is 7.82. The number of nitrogens with zero attached hydrogens (tertiary/aromatic N) is 3. The van der Waals surface area contributed by atoms with Gasteiger partial charge in [-0.15, -0.1) is 0 Å². The van der Waals surface area contributed by atoms with E-state index in [1.165, 1.54) is 11.8 Å². The molecule has 0 unspecified atom stereocenters. The zero-order chi connectivity index (χ0) is 26.6. The van der Waals surface area contributed by atoms with E-state index in [1.807, 2.05) is 64.2 Å². The Morgan fingerprint density at radius 2 is 1.84 bits per heavy atom. The van der Waals surface area contributed by atoms with Gasteiger partial charge >= 0.3 is 5.97 Å². The van der Waals surface area contributed by atoms with Crippen LogP contribution in [0, 0.1) is 0 Å². The molecule has 3 aromatic rings. The summed E-state index contributed by atoms with van der Waals surface area (Å²) in [5.41, 5.74) is 3.77. The molecule has 2 aliphatic rings. The number of aliphatic hydroxyl groups excluding tert-OH is 1. The van der Waals surface area contributed by atoms with Gasteiger partial charge in [-0.1, -0.05) is 55.1 Å². The second-order valence-corrected chi connectivity index (χ2v) is 10.3. The van der Waals surface area contributed by atoms with Crippen molar-refractivity contribution in [3.8, 4) is 0 Å². The third-order valence-electron chi connectivity index (χ3n) is 6.80. The molecule has 38 heavy (non-hydrogen) atoms. The molecule has 0 saturated carbocycles. The molecule has 0 aliphatic carbocycles. The highest BCUT2D eigenvalue weighted by Gasteiger charge is 2.33. The molecule has 1 N–H and O–H groups in total. The first-order valence-electron chi connectivity index (χ1n) is 13.0. The van der Waals surface area contributed by atoms with Crippen LogP contribution in [0.25, 0.3) is 17.0 Å². The number of carbonyl (C=O) groups excluding carboxylic acids is 2. The zero-order valence-electron chi connectivity index (χ0n) is 21.6. The maximum Gasteiger partial charge on any atom is 0.344 e. The molecule has 7 nitrogen and oxygen atoms in total. The van der Waals surface area contributed by atoms with Crippen molar-refractivity contribution >= 4 is 51.3 Å². The highest BCUT2D eigenvalue weighted by atomic mass is 32.2. The van der Waals surface area contributed by atoms with Crippen LogP contribution in [0.2, 0.25) is 0 Å². The summed E-state index contributed by atoms with van der Waals surface area (Å²) in [5.74, 6) is -0.643. The lowest BCUT2D eigenvalue weighted by Gasteiger charge is -2.16. The van der Waals surface area contributed by atoms with E-state index in [1.54, 1.807) is 6.92 Å². The number of rotatable bonds is 7. The van der Waals surface area contributed by atoms with Crippen LogP contribution in [0.4, 0.5) is 5.69 Å².